The van der Waals surface area contributed by atoms with Crippen LogP contribution in [-0.4, -0.2) is 26.7 Å². The van der Waals surface area contributed by atoms with Gasteiger partial charge in [-0.1, -0.05) is 42.5 Å². The molecule has 1 N–H and O–H groups in total. The predicted octanol–water partition coefficient (Wildman–Crippen LogP) is 2.86. The summed E-state index contributed by atoms with van der Waals surface area (Å²) < 4.78 is 4.11. The molecule has 0 spiro atoms. The van der Waals surface area contributed by atoms with Crippen LogP contribution in [0.25, 0.3) is 0 Å². The highest BCUT2D eigenvalue weighted by Gasteiger charge is 2.09. The fraction of sp³-hybridized carbons (Fsp3) is 0.500. The number of carbonyl (C=O) groups is 1. The number of rotatable bonds is 6. The number of alkyl halides is 1. The van der Waals surface area contributed by atoms with E-state index in [0.717, 1.165) is 0 Å². The molecule has 0 saturated heterocycles. The molecular formula is C10H14INO5. The van der Waals surface area contributed by atoms with Crippen LogP contribution in [0, 0.1) is 16.0 Å². The first-order valence-electron chi connectivity index (χ1n) is 4.87. The highest BCUT2D eigenvalue weighted by molar-refractivity contribution is 14.1. The summed E-state index contributed by atoms with van der Waals surface area (Å²) in [4.78, 5) is 20.3. The van der Waals surface area contributed by atoms with Gasteiger partial charge in [-0.25, -0.2) is 4.79 Å². The Bertz CT molecular complexity index is 338. The van der Waals surface area contributed by atoms with E-state index in [1.54, 1.807) is 6.08 Å². The molecule has 0 aromatic rings. The van der Waals surface area contributed by atoms with Gasteiger partial charge < -0.3 is 9.84 Å². The van der Waals surface area contributed by atoms with Gasteiger partial charge in [0.1, 0.15) is 6.61 Å². The van der Waals surface area contributed by atoms with Crippen LogP contribution in [0.4, 0.5) is 4.79 Å². The third-order valence-electron chi connectivity index (χ3n) is 1.56. The van der Waals surface area contributed by atoms with Crippen molar-refractivity contribution in [2.45, 2.75) is 17.8 Å². The molecule has 1 unspecified atom stereocenters. The van der Waals surface area contributed by atoms with E-state index in [0.29, 0.717) is 0 Å². The molecule has 0 saturated carbocycles. The molecule has 0 bridgehead atoms. The lowest BCUT2D eigenvalue weighted by atomic mass is 10.2. The van der Waals surface area contributed by atoms with Crippen molar-refractivity contribution in [2.24, 2.45) is 5.92 Å². The first kappa shape index (κ1) is 15.9. The van der Waals surface area contributed by atoms with Crippen molar-refractivity contribution in [1.29, 1.82) is 0 Å². The van der Waals surface area contributed by atoms with Gasteiger partial charge in [-0.15, -0.1) is 0 Å². The maximum Gasteiger partial charge on any atom is 0.505 e. The summed E-state index contributed by atoms with van der Waals surface area (Å²) in [5, 5.41) is 18.9. The van der Waals surface area contributed by atoms with Crippen LogP contribution in [0.1, 0.15) is 13.8 Å². The van der Waals surface area contributed by atoms with Gasteiger partial charge in [0.15, 0.2) is 0 Å². The lowest BCUT2D eigenvalue weighted by molar-refractivity contribution is -0.419. The molecule has 0 aromatic carbocycles. The minimum Gasteiger partial charge on any atom is -0.450 e. The summed E-state index contributed by atoms with van der Waals surface area (Å²) in [6.07, 6.45) is 3.08. The van der Waals surface area contributed by atoms with Gasteiger partial charge in [0.25, 0.3) is 5.70 Å². The second-order valence-corrected chi connectivity index (χ2v) is 5.14. The van der Waals surface area contributed by atoms with Crippen LogP contribution in [0.3, 0.4) is 0 Å². The Morgan fingerprint density at radius 2 is 2.18 bits per heavy atom. The average molecular weight is 355 g/mol. The van der Waals surface area contributed by atoms with Crippen molar-refractivity contribution in [3.8, 4) is 0 Å². The van der Waals surface area contributed by atoms with Crippen molar-refractivity contribution >= 4 is 28.7 Å². The number of carboxylic acid groups (broad SMARTS) is 1. The molecule has 1 atom stereocenters. The largest absolute Gasteiger partial charge is 0.505 e. The number of hydrogen-bond acceptors (Lipinski definition) is 4. The van der Waals surface area contributed by atoms with Crippen LogP contribution in [-0.2, 0) is 4.74 Å². The lowest BCUT2D eigenvalue weighted by Gasteiger charge is -2.02. The number of halogens is 1. The summed E-state index contributed by atoms with van der Waals surface area (Å²) in [6, 6.07) is 0. The smallest absolute Gasteiger partial charge is 0.450 e. The first-order valence-corrected chi connectivity index (χ1v) is 6.11. The molecule has 0 aromatic heterocycles. The number of nitrogens with zero attached hydrogens (tertiary/aromatic N) is 1. The second kappa shape index (κ2) is 8.04. The lowest BCUT2D eigenvalue weighted by Crippen LogP contribution is -2.10. The monoisotopic (exact) mass is 355 g/mol. The minimum absolute atomic E-state index is 0.00279. The van der Waals surface area contributed by atoms with Crippen LogP contribution in [0.2, 0.25) is 0 Å². The topological polar surface area (TPSA) is 89.7 Å². The highest BCUT2D eigenvalue weighted by atomic mass is 127. The SMILES string of the molecule is CC(C)/C=C(\C=C/C(I)COC(=O)O)[N+](=O)[O-]. The van der Waals surface area contributed by atoms with Gasteiger partial charge in [0, 0.05) is 6.08 Å². The predicted molar refractivity (Wildman–Crippen MR) is 70.8 cm³/mol. The van der Waals surface area contributed by atoms with Crippen molar-refractivity contribution in [1.82, 2.24) is 0 Å². The highest BCUT2D eigenvalue weighted by Crippen LogP contribution is 2.09. The molecule has 0 heterocycles. The quantitative estimate of drug-likeness (QED) is 0.198. The van der Waals surface area contributed by atoms with Gasteiger partial charge in [-0.3, -0.25) is 10.1 Å². The van der Waals surface area contributed by atoms with Crippen molar-refractivity contribution < 1.29 is 19.6 Å². The van der Waals surface area contributed by atoms with E-state index in [4.69, 9.17) is 5.11 Å². The normalized spacial score (nSPS) is 14.0. The van der Waals surface area contributed by atoms with E-state index >= 15 is 0 Å². The van der Waals surface area contributed by atoms with E-state index in [-0.39, 0.29) is 22.1 Å². The Morgan fingerprint density at radius 1 is 1.59 bits per heavy atom. The van der Waals surface area contributed by atoms with Gasteiger partial charge >= 0.3 is 6.16 Å². The van der Waals surface area contributed by atoms with E-state index in [1.807, 2.05) is 36.4 Å². The zero-order chi connectivity index (χ0) is 13.4. The number of hydrogen-bond donors (Lipinski definition) is 1. The van der Waals surface area contributed by atoms with Crippen molar-refractivity contribution in [3.63, 3.8) is 0 Å². The molecule has 0 amide bonds. The van der Waals surface area contributed by atoms with Crippen LogP contribution in [0.5, 0.6) is 0 Å². The molecule has 0 rings (SSSR count). The maximum absolute atomic E-state index is 10.7. The Labute approximate surface area is 113 Å². The third kappa shape index (κ3) is 8.66. The number of allylic oxidation sites excluding steroid dienone is 2. The summed E-state index contributed by atoms with van der Waals surface area (Å²) in [5.74, 6) is 0.0722. The molecule has 96 valence electrons. The minimum atomic E-state index is -1.35. The number of ether oxygens (including phenoxy) is 1. The second-order valence-electron chi connectivity index (χ2n) is 3.54. The fourth-order valence-electron chi connectivity index (χ4n) is 0.928. The molecule has 0 fully saturated rings. The molecule has 7 heteroatoms. The summed E-state index contributed by atoms with van der Waals surface area (Å²) >= 11 is 1.94. The van der Waals surface area contributed by atoms with Crippen LogP contribution >= 0.6 is 22.6 Å². The maximum atomic E-state index is 10.7. The van der Waals surface area contributed by atoms with Gasteiger partial charge in [-0.05, 0) is 12.0 Å². The Morgan fingerprint density at radius 3 is 2.59 bits per heavy atom. The van der Waals surface area contributed by atoms with Gasteiger partial charge in [0.05, 0.1) is 8.85 Å². The molecule has 6 nitrogen and oxygen atoms in total. The zero-order valence-electron chi connectivity index (χ0n) is 9.50. The third-order valence-corrected chi connectivity index (χ3v) is 2.33. The Kier molecular flexibility index (Phi) is 7.51. The summed E-state index contributed by atoms with van der Waals surface area (Å²) in [7, 11) is 0. The van der Waals surface area contributed by atoms with E-state index in [9.17, 15) is 14.9 Å². The summed E-state index contributed by atoms with van der Waals surface area (Å²) in [5.41, 5.74) is -0.00279. The van der Waals surface area contributed by atoms with E-state index in [1.165, 1.54) is 12.2 Å². The number of nitro groups is 1. The molecule has 0 aliphatic rings. The van der Waals surface area contributed by atoms with Crippen LogP contribution < -0.4 is 0 Å². The summed E-state index contributed by atoms with van der Waals surface area (Å²) in [6.45, 7) is 3.65. The Balaban J connectivity index is 4.45. The fourth-order valence-corrected chi connectivity index (χ4v) is 1.32. The molecule has 0 aliphatic carbocycles. The zero-order valence-corrected chi connectivity index (χ0v) is 11.7. The van der Waals surface area contributed by atoms with Crippen molar-refractivity contribution in [3.05, 3.63) is 34.0 Å². The molecular weight excluding hydrogens is 341 g/mol. The molecule has 0 aliphatic heterocycles. The van der Waals surface area contributed by atoms with Gasteiger partial charge in [-0.2, -0.15) is 0 Å². The van der Waals surface area contributed by atoms with E-state index in [2.05, 4.69) is 4.74 Å². The first-order chi connectivity index (χ1) is 7.82. The van der Waals surface area contributed by atoms with Gasteiger partial charge in [0.2, 0.25) is 0 Å². The molecule has 0 radical (unpaired) electrons. The van der Waals surface area contributed by atoms with Crippen molar-refractivity contribution in [2.75, 3.05) is 6.61 Å². The molecule has 17 heavy (non-hydrogen) atoms. The standard InChI is InChI=1S/C10H14INO5/c1-7(2)5-9(12(15)16)4-3-8(11)6-17-10(13)14/h3-5,7-8H,6H2,1-2H3,(H,13,14)/b4-3-,9-5+. The van der Waals surface area contributed by atoms with E-state index < -0.39 is 11.1 Å². The average Bonchev–Trinajstić information content (AvgIpc) is 2.20. The Hall–Kier alpha value is -1.12. The van der Waals surface area contributed by atoms with Crippen LogP contribution in [0.15, 0.2) is 23.9 Å².